The number of amides is 1. The maximum Gasteiger partial charge on any atom is 0.298 e. The maximum absolute atomic E-state index is 13.4. The van der Waals surface area contributed by atoms with Crippen LogP contribution in [0.4, 0.5) is 0 Å². The number of allylic oxidation sites excluding steroid dienone is 2. The van der Waals surface area contributed by atoms with Crippen molar-refractivity contribution in [2.45, 2.75) is 33.6 Å². The number of hydrogen-bond donors (Lipinski definition) is 0. The predicted molar refractivity (Wildman–Crippen MR) is 125 cm³/mol. The van der Waals surface area contributed by atoms with E-state index in [1.165, 1.54) is 10.6 Å². The second-order valence-electron chi connectivity index (χ2n) is 8.69. The normalized spacial score (nSPS) is 20.8. The van der Waals surface area contributed by atoms with Gasteiger partial charge < -0.3 is 4.74 Å². The third-order valence-corrected chi connectivity index (χ3v) is 5.32. The van der Waals surface area contributed by atoms with Gasteiger partial charge in [0.05, 0.1) is 7.11 Å². The van der Waals surface area contributed by atoms with E-state index in [-0.39, 0.29) is 11.3 Å². The Morgan fingerprint density at radius 1 is 1.10 bits per heavy atom. The van der Waals surface area contributed by atoms with Gasteiger partial charge in [0, 0.05) is 23.3 Å². The largest absolute Gasteiger partial charge is 0.496 e. The zero-order chi connectivity index (χ0) is 22.0. The molecule has 1 heterocycles. The molecular formula is C26H27N3O2. The monoisotopic (exact) mass is 413 g/mol. The fourth-order valence-corrected chi connectivity index (χ4v) is 4.20. The molecule has 4 rings (SSSR count). The summed E-state index contributed by atoms with van der Waals surface area (Å²) in [6, 6.07) is 17.3. The first kappa shape index (κ1) is 20.8. The summed E-state index contributed by atoms with van der Waals surface area (Å²) in [7, 11) is 1.62. The molecule has 1 aliphatic heterocycles. The van der Waals surface area contributed by atoms with E-state index in [9.17, 15) is 4.79 Å². The number of amidine groups is 1. The van der Waals surface area contributed by atoms with Gasteiger partial charge in [0.1, 0.15) is 11.4 Å². The molecule has 2 aromatic rings. The Labute approximate surface area is 183 Å². The lowest BCUT2D eigenvalue weighted by molar-refractivity contribution is -0.122. The van der Waals surface area contributed by atoms with Crippen LogP contribution >= 0.6 is 0 Å². The molecule has 0 saturated carbocycles. The van der Waals surface area contributed by atoms with Crippen LogP contribution in [0.5, 0.6) is 5.75 Å². The molecule has 0 unspecified atom stereocenters. The number of methoxy groups -OCH3 is 1. The van der Waals surface area contributed by atoms with E-state index in [2.05, 4.69) is 31.8 Å². The van der Waals surface area contributed by atoms with Crippen LogP contribution in [0.2, 0.25) is 0 Å². The first-order chi connectivity index (χ1) is 14.9. The number of rotatable bonds is 4. The molecule has 5 nitrogen and oxygen atoms in total. The van der Waals surface area contributed by atoms with Crippen molar-refractivity contribution >= 4 is 23.5 Å². The van der Waals surface area contributed by atoms with Crippen molar-refractivity contribution in [1.82, 2.24) is 5.01 Å². The number of aliphatic imine (C=N–C) groups is 1. The Morgan fingerprint density at radius 2 is 1.81 bits per heavy atom. The molecule has 0 saturated heterocycles. The third-order valence-electron chi connectivity index (χ3n) is 5.32. The highest BCUT2D eigenvalue weighted by Crippen LogP contribution is 2.33. The average Bonchev–Trinajstić information content (AvgIpc) is 3.03. The molecule has 0 atom stereocenters. The topological polar surface area (TPSA) is 54.3 Å². The number of nitrogens with zero attached hydrogens (tertiary/aromatic N) is 3. The summed E-state index contributed by atoms with van der Waals surface area (Å²) in [6.07, 6.45) is 5.62. The first-order valence-electron chi connectivity index (χ1n) is 10.4. The molecule has 5 heteroatoms. The fraction of sp³-hybridized carbons (Fsp3) is 0.269. The highest BCUT2D eigenvalue weighted by Gasteiger charge is 2.33. The Morgan fingerprint density at radius 3 is 2.52 bits per heavy atom. The standard InChI is InChI=1S/C26H27N3O2/c1-18-14-21(17-26(2,3)16-18)28-29-24(19-10-6-5-7-11-19)27-22(25(29)30)15-20-12-8-9-13-23(20)31-4/h5-13,15-16H,14,17H2,1-4H3. The van der Waals surface area contributed by atoms with Crippen LogP contribution in [0, 0.1) is 5.41 Å². The molecular weight excluding hydrogens is 386 g/mol. The first-order valence-corrected chi connectivity index (χ1v) is 10.4. The third kappa shape index (κ3) is 4.50. The lowest BCUT2D eigenvalue weighted by Gasteiger charge is -2.28. The van der Waals surface area contributed by atoms with Crippen LogP contribution in [0.15, 0.2) is 82.0 Å². The number of carbonyl (C=O) groups excluding carboxylic acids is 1. The zero-order valence-electron chi connectivity index (χ0n) is 18.4. The average molecular weight is 414 g/mol. The number of benzene rings is 2. The van der Waals surface area contributed by atoms with Crippen molar-refractivity contribution in [3.8, 4) is 5.75 Å². The summed E-state index contributed by atoms with van der Waals surface area (Å²) < 4.78 is 5.43. The number of ether oxygens (including phenoxy) is 1. The smallest absolute Gasteiger partial charge is 0.298 e. The summed E-state index contributed by atoms with van der Waals surface area (Å²) in [5.41, 5.74) is 4.27. The second-order valence-corrected chi connectivity index (χ2v) is 8.69. The van der Waals surface area contributed by atoms with Gasteiger partial charge in [-0.3, -0.25) is 4.79 Å². The van der Waals surface area contributed by atoms with Gasteiger partial charge in [-0.05, 0) is 30.9 Å². The van der Waals surface area contributed by atoms with Crippen molar-refractivity contribution in [1.29, 1.82) is 0 Å². The van der Waals surface area contributed by atoms with E-state index >= 15 is 0 Å². The molecule has 158 valence electrons. The molecule has 1 amide bonds. The Balaban J connectivity index is 1.77. The maximum atomic E-state index is 13.4. The SMILES string of the molecule is COc1ccccc1C=C1N=C(c2ccccc2)N(N=C2CC(C)=CC(C)(C)C2)C1=O. The highest BCUT2D eigenvalue weighted by atomic mass is 16.5. The Bertz CT molecular complexity index is 1120. The lowest BCUT2D eigenvalue weighted by atomic mass is 9.79. The number of hydrazone groups is 1. The number of para-hydroxylation sites is 1. The van der Waals surface area contributed by atoms with Crippen molar-refractivity contribution < 1.29 is 9.53 Å². The van der Waals surface area contributed by atoms with E-state index < -0.39 is 0 Å². The van der Waals surface area contributed by atoms with E-state index in [0.717, 1.165) is 29.7 Å². The molecule has 0 fully saturated rings. The molecule has 2 aromatic carbocycles. The van der Waals surface area contributed by atoms with Gasteiger partial charge in [-0.1, -0.05) is 74.0 Å². The molecule has 0 bridgehead atoms. The van der Waals surface area contributed by atoms with Gasteiger partial charge in [0.15, 0.2) is 5.84 Å². The van der Waals surface area contributed by atoms with Gasteiger partial charge in [-0.2, -0.15) is 10.1 Å². The van der Waals surface area contributed by atoms with E-state index in [1.807, 2.05) is 54.6 Å². The van der Waals surface area contributed by atoms with Crippen LogP contribution < -0.4 is 4.74 Å². The minimum absolute atomic E-state index is 0.0179. The molecule has 0 spiro atoms. The van der Waals surface area contributed by atoms with E-state index in [1.54, 1.807) is 13.2 Å². The second kappa shape index (κ2) is 8.34. The molecule has 0 radical (unpaired) electrons. The molecule has 31 heavy (non-hydrogen) atoms. The highest BCUT2D eigenvalue weighted by molar-refractivity contribution is 6.20. The Kier molecular flexibility index (Phi) is 5.59. The van der Waals surface area contributed by atoms with Gasteiger partial charge in [-0.15, -0.1) is 0 Å². The summed E-state index contributed by atoms with van der Waals surface area (Å²) in [5.74, 6) is 1.00. The minimum atomic E-state index is -0.234. The fourth-order valence-electron chi connectivity index (χ4n) is 4.20. The van der Waals surface area contributed by atoms with Crippen molar-refractivity contribution in [2.24, 2.45) is 15.5 Å². The van der Waals surface area contributed by atoms with Crippen LogP contribution in [-0.2, 0) is 4.79 Å². The van der Waals surface area contributed by atoms with Crippen LogP contribution in [-0.4, -0.2) is 29.6 Å². The summed E-state index contributed by atoms with van der Waals surface area (Å²) in [6.45, 7) is 6.49. The lowest BCUT2D eigenvalue weighted by Crippen LogP contribution is -2.31. The van der Waals surface area contributed by atoms with Crippen LogP contribution in [0.1, 0.15) is 44.7 Å². The van der Waals surface area contributed by atoms with E-state index in [0.29, 0.717) is 17.3 Å². The predicted octanol–water partition coefficient (Wildman–Crippen LogP) is 5.45. The van der Waals surface area contributed by atoms with Crippen molar-refractivity contribution in [3.05, 3.63) is 83.1 Å². The van der Waals surface area contributed by atoms with Crippen molar-refractivity contribution in [2.75, 3.05) is 7.11 Å². The van der Waals surface area contributed by atoms with Gasteiger partial charge >= 0.3 is 0 Å². The minimum Gasteiger partial charge on any atom is -0.496 e. The van der Waals surface area contributed by atoms with E-state index in [4.69, 9.17) is 9.84 Å². The number of carbonyl (C=O) groups is 1. The quantitative estimate of drug-likeness (QED) is 0.494. The number of hydrogen-bond acceptors (Lipinski definition) is 4. The van der Waals surface area contributed by atoms with Gasteiger partial charge in [0.2, 0.25) is 0 Å². The summed E-state index contributed by atoms with van der Waals surface area (Å²) in [5, 5.41) is 6.27. The molecule has 0 N–H and O–H groups in total. The van der Waals surface area contributed by atoms with Gasteiger partial charge in [0.25, 0.3) is 5.91 Å². The summed E-state index contributed by atoms with van der Waals surface area (Å²) >= 11 is 0. The van der Waals surface area contributed by atoms with Gasteiger partial charge in [-0.25, -0.2) is 4.99 Å². The molecule has 2 aliphatic rings. The van der Waals surface area contributed by atoms with Crippen LogP contribution in [0.25, 0.3) is 6.08 Å². The van der Waals surface area contributed by atoms with Crippen molar-refractivity contribution in [3.63, 3.8) is 0 Å². The zero-order valence-corrected chi connectivity index (χ0v) is 18.4. The molecule has 1 aliphatic carbocycles. The summed E-state index contributed by atoms with van der Waals surface area (Å²) in [4.78, 5) is 18.1. The molecule has 0 aromatic heterocycles. The van der Waals surface area contributed by atoms with Crippen LogP contribution in [0.3, 0.4) is 0 Å². The Hall–Kier alpha value is -3.47.